The highest BCUT2D eigenvalue weighted by atomic mass is 19.1. The van der Waals surface area contributed by atoms with Gasteiger partial charge in [-0.15, -0.1) is 0 Å². The minimum Gasteiger partial charge on any atom is -0.489 e. The van der Waals surface area contributed by atoms with Crippen LogP contribution < -0.4 is 9.64 Å². The number of benzene rings is 1. The number of amides is 3. The number of nitrogens with zero attached hydrogens (tertiary/aromatic N) is 2. The van der Waals surface area contributed by atoms with Crippen molar-refractivity contribution in [2.45, 2.75) is 45.3 Å². The normalized spacial score (nSPS) is 19.8. The van der Waals surface area contributed by atoms with Gasteiger partial charge in [0.2, 0.25) is 5.91 Å². The van der Waals surface area contributed by atoms with Gasteiger partial charge in [0, 0.05) is 12.5 Å². The number of anilines is 1. The summed E-state index contributed by atoms with van der Waals surface area (Å²) in [5, 5.41) is 0. The monoisotopic (exact) mass is 364 g/mol. The van der Waals surface area contributed by atoms with Crippen LogP contribution in [0.25, 0.3) is 0 Å². The molecule has 0 saturated carbocycles. The Morgan fingerprint density at radius 1 is 1.31 bits per heavy atom. The first-order valence-corrected chi connectivity index (χ1v) is 8.46. The third-order valence-corrected chi connectivity index (χ3v) is 4.14. The summed E-state index contributed by atoms with van der Waals surface area (Å²) in [6.07, 6.45) is -0.507. The zero-order valence-corrected chi connectivity index (χ0v) is 15.0. The molecule has 2 heterocycles. The smallest absolute Gasteiger partial charge is 0.417 e. The van der Waals surface area contributed by atoms with Gasteiger partial charge in [-0.05, 0) is 39.3 Å². The van der Waals surface area contributed by atoms with Crippen molar-refractivity contribution in [1.29, 1.82) is 0 Å². The largest absolute Gasteiger partial charge is 0.489 e. The van der Waals surface area contributed by atoms with Crippen molar-refractivity contribution >= 4 is 23.6 Å². The van der Waals surface area contributed by atoms with Gasteiger partial charge in [0.25, 0.3) is 5.91 Å². The molecule has 26 heavy (non-hydrogen) atoms. The Hall–Kier alpha value is -2.64. The van der Waals surface area contributed by atoms with Crippen LogP contribution in [0.3, 0.4) is 0 Å². The van der Waals surface area contributed by atoms with Crippen LogP contribution in [0.15, 0.2) is 18.2 Å². The van der Waals surface area contributed by atoms with E-state index in [4.69, 9.17) is 9.47 Å². The topological polar surface area (TPSA) is 76.2 Å². The maximum absolute atomic E-state index is 13.4. The van der Waals surface area contributed by atoms with Crippen molar-refractivity contribution in [2.24, 2.45) is 0 Å². The SMILES string of the molecule is CC(C)(C)OC(=O)N1C(=O)CCC1C(=O)N1CCOc2cc(F)ccc21. The second-order valence-corrected chi connectivity index (χ2v) is 7.25. The number of hydrogen-bond donors (Lipinski definition) is 0. The number of halogens is 1. The molecule has 0 bridgehead atoms. The number of carbonyl (C=O) groups excluding carboxylic acids is 3. The minimum absolute atomic E-state index is 0.0935. The highest BCUT2D eigenvalue weighted by Crippen LogP contribution is 2.34. The molecule has 1 unspecified atom stereocenters. The number of fused-ring (bicyclic) bond motifs is 1. The summed E-state index contributed by atoms with van der Waals surface area (Å²) in [6, 6.07) is 2.96. The van der Waals surface area contributed by atoms with E-state index in [2.05, 4.69) is 0 Å². The van der Waals surface area contributed by atoms with Gasteiger partial charge in [-0.3, -0.25) is 9.59 Å². The van der Waals surface area contributed by atoms with Gasteiger partial charge >= 0.3 is 6.09 Å². The van der Waals surface area contributed by atoms with E-state index in [0.717, 1.165) is 4.90 Å². The van der Waals surface area contributed by atoms with Crippen LogP contribution in [0.4, 0.5) is 14.9 Å². The average molecular weight is 364 g/mol. The molecule has 1 fully saturated rings. The fourth-order valence-electron chi connectivity index (χ4n) is 3.06. The molecular formula is C18H21FN2O5. The van der Waals surface area contributed by atoms with Gasteiger partial charge in [-0.25, -0.2) is 14.1 Å². The quantitative estimate of drug-likeness (QED) is 0.765. The van der Waals surface area contributed by atoms with Crippen molar-refractivity contribution in [3.05, 3.63) is 24.0 Å². The molecule has 0 N–H and O–H groups in total. The van der Waals surface area contributed by atoms with Crippen LogP contribution in [0, 0.1) is 5.82 Å². The molecule has 0 spiro atoms. The zero-order chi connectivity index (χ0) is 19.1. The van der Waals surface area contributed by atoms with Crippen LogP contribution in [-0.4, -0.2) is 47.6 Å². The van der Waals surface area contributed by atoms with Gasteiger partial charge in [-0.1, -0.05) is 0 Å². The lowest BCUT2D eigenvalue weighted by Crippen LogP contribution is -2.52. The first kappa shape index (κ1) is 18.2. The van der Waals surface area contributed by atoms with Crippen molar-refractivity contribution in [3.63, 3.8) is 0 Å². The van der Waals surface area contributed by atoms with Gasteiger partial charge in [0.05, 0.1) is 12.2 Å². The lowest BCUT2D eigenvalue weighted by Gasteiger charge is -2.33. The molecule has 0 aliphatic carbocycles. The van der Waals surface area contributed by atoms with E-state index < -0.39 is 35.4 Å². The Kier molecular flexibility index (Phi) is 4.60. The van der Waals surface area contributed by atoms with Crippen molar-refractivity contribution in [2.75, 3.05) is 18.1 Å². The fraction of sp³-hybridized carbons (Fsp3) is 0.500. The lowest BCUT2D eigenvalue weighted by atomic mass is 10.1. The summed E-state index contributed by atoms with van der Waals surface area (Å²) in [7, 11) is 0. The molecule has 2 aliphatic rings. The number of carbonyl (C=O) groups is 3. The number of likely N-dealkylation sites (tertiary alicyclic amines) is 1. The van der Waals surface area contributed by atoms with Crippen LogP contribution in [0.5, 0.6) is 5.75 Å². The molecule has 140 valence electrons. The molecular weight excluding hydrogens is 343 g/mol. The van der Waals surface area contributed by atoms with Crippen LogP contribution in [-0.2, 0) is 14.3 Å². The molecule has 2 aliphatic heterocycles. The minimum atomic E-state index is -0.937. The van der Waals surface area contributed by atoms with E-state index in [-0.39, 0.29) is 31.7 Å². The molecule has 1 saturated heterocycles. The predicted octanol–water partition coefficient (Wildman–Crippen LogP) is 2.48. The average Bonchev–Trinajstić information content (AvgIpc) is 2.93. The Morgan fingerprint density at radius 3 is 2.73 bits per heavy atom. The zero-order valence-electron chi connectivity index (χ0n) is 15.0. The summed E-state index contributed by atoms with van der Waals surface area (Å²) in [5.41, 5.74) is -0.359. The maximum atomic E-state index is 13.4. The van der Waals surface area contributed by atoms with Crippen LogP contribution >= 0.6 is 0 Å². The second kappa shape index (κ2) is 6.59. The van der Waals surface area contributed by atoms with Crippen LogP contribution in [0.2, 0.25) is 0 Å². The highest BCUT2D eigenvalue weighted by Gasteiger charge is 2.44. The maximum Gasteiger partial charge on any atom is 0.417 e. The van der Waals surface area contributed by atoms with E-state index in [1.165, 1.54) is 23.1 Å². The van der Waals surface area contributed by atoms with Gasteiger partial charge in [-0.2, -0.15) is 0 Å². The number of rotatable bonds is 1. The summed E-state index contributed by atoms with van der Waals surface area (Å²) < 4.78 is 24.1. The van der Waals surface area contributed by atoms with Crippen molar-refractivity contribution in [3.8, 4) is 5.75 Å². The molecule has 8 heteroatoms. The van der Waals surface area contributed by atoms with E-state index in [1.54, 1.807) is 20.8 Å². The predicted molar refractivity (Wildman–Crippen MR) is 90.4 cm³/mol. The van der Waals surface area contributed by atoms with E-state index in [9.17, 15) is 18.8 Å². The fourth-order valence-corrected chi connectivity index (χ4v) is 3.06. The Bertz CT molecular complexity index is 758. The Morgan fingerprint density at radius 2 is 2.04 bits per heavy atom. The first-order valence-electron chi connectivity index (χ1n) is 8.46. The Labute approximate surface area is 150 Å². The van der Waals surface area contributed by atoms with Crippen molar-refractivity contribution in [1.82, 2.24) is 4.90 Å². The highest BCUT2D eigenvalue weighted by molar-refractivity contribution is 6.06. The summed E-state index contributed by atoms with van der Waals surface area (Å²) in [4.78, 5) is 39.9. The molecule has 1 aromatic carbocycles. The second-order valence-electron chi connectivity index (χ2n) is 7.25. The summed E-state index contributed by atoms with van der Waals surface area (Å²) in [5.74, 6) is -1.05. The van der Waals surface area contributed by atoms with Gasteiger partial charge in [0.1, 0.15) is 29.8 Å². The summed E-state index contributed by atoms with van der Waals surface area (Å²) in [6.45, 7) is 5.53. The van der Waals surface area contributed by atoms with Gasteiger partial charge in [0.15, 0.2) is 0 Å². The molecule has 3 amide bonds. The van der Waals surface area contributed by atoms with Crippen LogP contribution in [0.1, 0.15) is 33.6 Å². The molecule has 3 rings (SSSR count). The van der Waals surface area contributed by atoms with Gasteiger partial charge < -0.3 is 14.4 Å². The molecule has 0 radical (unpaired) electrons. The number of hydrogen-bond acceptors (Lipinski definition) is 5. The van der Waals surface area contributed by atoms with Crippen molar-refractivity contribution < 1.29 is 28.2 Å². The Balaban J connectivity index is 1.85. The molecule has 1 aromatic rings. The van der Waals surface area contributed by atoms with E-state index in [0.29, 0.717) is 5.69 Å². The standard InChI is InChI=1S/C18H21FN2O5/c1-18(2,3)26-17(24)21-13(6-7-15(21)22)16(23)20-8-9-25-14-10-11(19)4-5-12(14)20/h4-5,10,13H,6-9H2,1-3H3. The number of imide groups is 1. The lowest BCUT2D eigenvalue weighted by molar-refractivity contribution is -0.133. The molecule has 7 nitrogen and oxygen atoms in total. The first-order chi connectivity index (χ1) is 12.2. The third-order valence-electron chi connectivity index (χ3n) is 4.14. The van der Waals surface area contributed by atoms with E-state index >= 15 is 0 Å². The summed E-state index contributed by atoms with van der Waals surface area (Å²) >= 11 is 0. The van der Waals surface area contributed by atoms with E-state index in [1.807, 2.05) is 0 Å². The molecule has 0 aromatic heterocycles. The molecule has 1 atom stereocenters. The third kappa shape index (κ3) is 3.49. The number of ether oxygens (including phenoxy) is 2.